The molecule has 0 spiro atoms. The number of imidazole rings is 1. The first-order valence-electron chi connectivity index (χ1n) is 9.39. The Labute approximate surface area is 163 Å². The van der Waals surface area contributed by atoms with E-state index in [1.54, 1.807) is 0 Å². The zero-order valence-electron chi connectivity index (χ0n) is 16.1. The van der Waals surface area contributed by atoms with Crippen LogP contribution in [0.3, 0.4) is 0 Å². The summed E-state index contributed by atoms with van der Waals surface area (Å²) in [4.78, 5) is 4.61. The van der Waals surface area contributed by atoms with Crippen molar-refractivity contribution in [3.05, 3.63) is 83.2 Å². The Balaban J connectivity index is 2.11. The molecule has 0 unspecified atom stereocenters. The number of nitrogens with zero attached hydrogens (tertiary/aromatic N) is 3. The van der Waals surface area contributed by atoms with Gasteiger partial charge in [-0.2, -0.15) is 5.26 Å². The third kappa shape index (κ3) is 2.25. The van der Waals surface area contributed by atoms with Crippen LogP contribution in [0.2, 0.25) is 0 Å². The SMILES string of the molecule is Cc1cc(-c2c(C)cccc2C)c2c(c1)c1ccccc1c1nc(C#N)cn12. The van der Waals surface area contributed by atoms with E-state index in [4.69, 9.17) is 0 Å². The largest absolute Gasteiger partial charge is 0.297 e. The van der Waals surface area contributed by atoms with Gasteiger partial charge in [-0.1, -0.05) is 42.5 Å². The molecule has 3 nitrogen and oxygen atoms in total. The van der Waals surface area contributed by atoms with Crippen molar-refractivity contribution in [3.63, 3.8) is 0 Å². The minimum atomic E-state index is 0.436. The second-order valence-electron chi connectivity index (χ2n) is 7.45. The van der Waals surface area contributed by atoms with Crippen LogP contribution in [-0.2, 0) is 0 Å². The summed E-state index contributed by atoms with van der Waals surface area (Å²) in [7, 11) is 0. The van der Waals surface area contributed by atoms with Gasteiger partial charge in [0.05, 0.1) is 5.52 Å². The topological polar surface area (TPSA) is 41.1 Å². The standard InChI is InChI=1S/C25H19N3/c1-15-11-21-19-9-4-5-10-20(19)25-27-18(13-26)14-28(25)24(21)22(12-15)23-16(2)7-6-8-17(23)3/h4-12,14H,1-3H3. The quantitative estimate of drug-likeness (QED) is 0.338. The number of aromatic nitrogens is 2. The minimum Gasteiger partial charge on any atom is -0.297 e. The summed E-state index contributed by atoms with van der Waals surface area (Å²) < 4.78 is 2.09. The van der Waals surface area contributed by atoms with Crippen LogP contribution in [0.1, 0.15) is 22.4 Å². The van der Waals surface area contributed by atoms with E-state index in [1.165, 1.54) is 33.2 Å². The lowest BCUT2D eigenvalue weighted by molar-refractivity contribution is 1.26. The molecule has 0 aliphatic carbocycles. The highest BCUT2D eigenvalue weighted by Crippen LogP contribution is 2.38. The van der Waals surface area contributed by atoms with Gasteiger partial charge < -0.3 is 0 Å². The molecule has 0 saturated carbocycles. The Morgan fingerprint density at radius 1 is 0.857 bits per heavy atom. The van der Waals surface area contributed by atoms with E-state index in [0.29, 0.717) is 5.69 Å². The highest BCUT2D eigenvalue weighted by Gasteiger charge is 2.17. The summed E-state index contributed by atoms with van der Waals surface area (Å²) in [5.41, 5.74) is 8.51. The zero-order valence-corrected chi connectivity index (χ0v) is 16.1. The van der Waals surface area contributed by atoms with Gasteiger partial charge in [-0.25, -0.2) is 4.98 Å². The molecule has 0 saturated heterocycles. The number of pyridine rings is 1. The molecule has 0 amide bonds. The number of benzene rings is 3. The predicted molar refractivity (Wildman–Crippen MR) is 115 cm³/mol. The van der Waals surface area contributed by atoms with E-state index in [1.807, 2.05) is 12.3 Å². The van der Waals surface area contributed by atoms with E-state index < -0.39 is 0 Å². The van der Waals surface area contributed by atoms with Gasteiger partial charge >= 0.3 is 0 Å². The van der Waals surface area contributed by atoms with Gasteiger partial charge in [0.1, 0.15) is 11.7 Å². The van der Waals surface area contributed by atoms with Gasteiger partial charge in [0.15, 0.2) is 5.69 Å². The molecule has 28 heavy (non-hydrogen) atoms. The minimum absolute atomic E-state index is 0.436. The molecule has 5 rings (SSSR count). The van der Waals surface area contributed by atoms with Crippen molar-refractivity contribution in [3.8, 4) is 17.2 Å². The molecule has 0 fully saturated rings. The molecule has 0 N–H and O–H groups in total. The van der Waals surface area contributed by atoms with Crippen molar-refractivity contribution >= 4 is 27.3 Å². The van der Waals surface area contributed by atoms with E-state index in [2.05, 4.69) is 84.8 Å². The highest BCUT2D eigenvalue weighted by molar-refractivity contribution is 6.15. The van der Waals surface area contributed by atoms with Gasteiger partial charge in [0.2, 0.25) is 0 Å². The summed E-state index contributed by atoms with van der Waals surface area (Å²) in [5, 5.41) is 12.9. The third-order valence-electron chi connectivity index (χ3n) is 5.52. The maximum atomic E-state index is 9.48. The first-order chi connectivity index (χ1) is 13.6. The Bertz CT molecular complexity index is 1430. The van der Waals surface area contributed by atoms with Crippen LogP contribution in [0.4, 0.5) is 0 Å². The first-order valence-corrected chi connectivity index (χ1v) is 9.39. The average Bonchev–Trinajstić information content (AvgIpc) is 3.12. The lowest BCUT2D eigenvalue weighted by atomic mass is 9.91. The second-order valence-corrected chi connectivity index (χ2v) is 7.45. The molecule has 0 aliphatic rings. The number of aryl methyl sites for hydroxylation is 3. The zero-order chi connectivity index (χ0) is 19.4. The third-order valence-corrected chi connectivity index (χ3v) is 5.52. The van der Waals surface area contributed by atoms with Crippen LogP contribution >= 0.6 is 0 Å². The van der Waals surface area contributed by atoms with Crippen molar-refractivity contribution in [1.82, 2.24) is 9.38 Å². The number of rotatable bonds is 1. The molecule has 2 aromatic heterocycles. The molecule has 0 bridgehead atoms. The molecule has 0 atom stereocenters. The van der Waals surface area contributed by atoms with Crippen LogP contribution in [0.25, 0.3) is 38.4 Å². The maximum absolute atomic E-state index is 9.48. The Kier molecular flexibility index (Phi) is 3.50. The van der Waals surface area contributed by atoms with E-state index >= 15 is 0 Å². The smallest absolute Gasteiger partial charge is 0.159 e. The molecule has 5 aromatic rings. The lowest BCUT2D eigenvalue weighted by Gasteiger charge is -2.17. The Hall–Kier alpha value is -3.64. The number of nitriles is 1. The van der Waals surface area contributed by atoms with Gasteiger partial charge in [0.25, 0.3) is 0 Å². The monoisotopic (exact) mass is 361 g/mol. The van der Waals surface area contributed by atoms with Crippen molar-refractivity contribution < 1.29 is 0 Å². The molecule has 134 valence electrons. The molecular formula is C25H19N3. The van der Waals surface area contributed by atoms with Gasteiger partial charge in [0, 0.05) is 22.5 Å². The van der Waals surface area contributed by atoms with Crippen molar-refractivity contribution in [2.75, 3.05) is 0 Å². The fraction of sp³-hybridized carbons (Fsp3) is 0.120. The van der Waals surface area contributed by atoms with Crippen LogP contribution in [0, 0.1) is 32.1 Å². The van der Waals surface area contributed by atoms with Crippen LogP contribution in [-0.4, -0.2) is 9.38 Å². The predicted octanol–water partition coefficient (Wildman–Crippen LogP) is 6.10. The number of hydrogen-bond donors (Lipinski definition) is 0. The molecule has 2 heterocycles. The molecular weight excluding hydrogens is 342 g/mol. The van der Waals surface area contributed by atoms with E-state index in [9.17, 15) is 5.26 Å². The van der Waals surface area contributed by atoms with E-state index in [0.717, 1.165) is 21.9 Å². The Morgan fingerprint density at radius 3 is 2.29 bits per heavy atom. The first kappa shape index (κ1) is 16.5. The molecule has 3 heteroatoms. The molecule has 0 aliphatic heterocycles. The van der Waals surface area contributed by atoms with Gasteiger partial charge in [-0.15, -0.1) is 0 Å². The van der Waals surface area contributed by atoms with Crippen molar-refractivity contribution in [1.29, 1.82) is 5.26 Å². The van der Waals surface area contributed by atoms with Crippen molar-refractivity contribution in [2.45, 2.75) is 20.8 Å². The summed E-state index contributed by atoms with van der Waals surface area (Å²) in [6.07, 6.45) is 1.86. The summed E-state index contributed by atoms with van der Waals surface area (Å²) in [5.74, 6) is 0. The maximum Gasteiger partial charge on any atom is 0.159 e. The lowest BCUT2D eigenvalue weighted by Crippen LogP contribution is -1.97. The molecule has 3 aromatic carbocycles. The highest BCUT2D eigenvalue weighted by atomic mass is 15.0. The summed E-state index contributed by atoms with van der Waals surface area (Å²) >= 11 is 0. The molecule has 0 radical (unpaired) electrons. The number of fused-ring (bicyclic) bond motifs is 6. The average molecular weight is 361 g/mol. The second kappa shape index (κ2) is 5.94. The van der Waals surface area contributed by atoms with Gasteiger partial charge in [-0.05, 0) is 60.5 Å². The fourth-order valence-corrected chi connectivity index (χ4v) is 4.38. The van der Waals surface area contributed by atoms with Crippen molar-refractivity contribution in [2.24, 2.45) is 0 Å². The fourth-order valence-electron chi connectivity index (χ4n) is 4.38. The normalized spacial score (nSPS) is 11.4. The number of hydrogen-bond acceptors (Lipinski definition) is 2. The Morgan fingerprint density at radius 2 is 1.57 bits per heavy atom. The van der Waals surface area contributed by atoms with Gasteiger partial charge in [-0.3, -0.25) is 4.40 Å². The summed E-state index contributed by atoms with van der Waals surface area (Å²) in [6, 6.07) is 21.4. The van der Waals surface area contributed by atoms with E-state index in [-0.39, 0.29) is 0 Å². The van der Waals surface area contributed by atoms with Crippen LogP contribution in [0.15, 0.2) is 60.8 Å². The summed E-state index contributed by atoms with van der Waals surface area (Å²) in [6.45, 7) is 6.46. The van der Waals surface area contributed by atoms with Crippen LogP contribution in [0.5, 0.6) is 0 Å². The van der Waals surface area contributed by atoms with Crippen LogP contribution < -0.4 is 0 Å².